The van der Waals surface area contributed by atoms with E-state index in [4.69, 9.17) is 0 Å². The summed E-state index contributed by atoms with van der Waals surface area (Å²) in [7, 11) is 0. The Bertz CT molecular complexity index is 634. The minimum atomic E-state index is 0.152. The average molecular weight is 280 g/mol. The molecule has 0 saturated heterocycles. The lowest BCUT2D eigenvalue weighted by molar-refractivity contribution is 0.588. The van der Waals surface area contributed by atoms with Crippen molar-refractivity contribution in [3.05, 3.63) is 59.2 Å². The summed E-state index contributed by atoms with van der Waals surface area (Å²) < 4.78 is 0. The highest BCUT2D eigenvalue weighted by Crippen LogP contribution is 2.36. The topological polar surface area (TPSA) is 0 Å². The molecule has 0 radical (unpaired) electrons. The first-order chi connectivity index (χ1) is 9.60. The fraction of sp³-hybridized carbons (Fsp3) is 0.429. The van der Waals surface area contributed by atoms with Crippen molar-refractivity contribution in [3.8, 4) is 11.1 Å². The zero-order valence-electron chi connectivity index (χ0n) is 14.5. The second-order valence-corrected chi connectivity index (χ2v) is 8.08. The molecule has 0 nitrogen and oxygen atoms in total. The Hall–Kier alpha value is -1.56. The zero-order valence-corrected chi connectivity index (χ0v) is 14.5. The van der Waals surface area contributed by atoms with Gasteiger partial charge in [0.1, 0.15) is 0 Å². The molecule has 0 aliphatic carbocycles. The van der Waals surface area contributed by atoms with E-state index in [9.17, 15) is 0 Å². The van der Waals surface area contributed by atoms with Gasteiger partial charge in [-0.2, -0.15) is 0 Å². The van der Waals surface area contributed by atoms with Gasteiger partial charge in [-0.3, -0.25) is 0 Å². The van der Waals surface area contributed by atoms with Crippen LogP contribution in [0.1, 0.15) is 58.2 Å². The van der Waals surface area contributed by atoms with Crippen molar-refractivity contribution in [2.45, 2.75) is 59.3 Å². The fourth-order valence-corrected chi connectivity index (χ4v) is 2.82. The summed E-state index contributed by atoms with van der Waals surface area (Å²) in [4.78, 5) is 0. The lowest BCUT2D eigenvalue weighted by atomic mass is 9.79. The van der Waals surface area contributed by atoms with Crippen molar-refractivity contribution in [1.82, 2.24) is 0 Å². The molecule has 0 atom stereocenters. The highest BCUT2D eigenvalue weighted by atomic mass is 14.3. The van der Waals surface area contributed by atoms with E-state index in [-0.39, 0.29) is 10.8 Å². The molecule has 0 saturated carbocycles. The standard InChI is InChI=1S/C21H28/c1-15-10-8-13-18(21(5,6)7)19(15)16-11-9-12-17(14-16)20(2,3)4/h8-14H,1-7H3. The van der Waals surface area contributed by atoms with Crippen LogP contribution in [0.15, 0.2) is 42.5 Å². The third kappa shape index (κ3) is 3.37. The molecule has 2 rings (SSSR count). The second-order valence-electron chi connectivity index (χ2n) is 8.08. The summed E-state index contributed by atoms with van der Waals surface area (Å²) in [6.45, 7) is 15.9. The first-order valence-corrected chi connectivity index (χ1v) is 7.82. The van der Waals surface area contributed by atoms with Gasteiger partial charge in [-0.1, -0.05) is 84.0 Å². The van der Waals surface area contributed by atoms with Crippen molar-refractivity contribution in [2.24, 2.45) is 0 Å². The monoisotopic (exact) mass is 280 g/mol. The van der Waals surface area contributed by atoms with Crippen LogP contribution >= 0.6 is 0 Å². The zero-order chi connectivity index (χ0) is 15.8. The lowest BCUT2D eigenvalue weighted by Gasteiger charge is -2.26. The van der Waals surface area contributed by atoms with Gasteiger partial charge in [0.2, 0.25) is 0 Å². The maximum atomic E-state index is 2.36. The minimum Gasteiger partial charge on any atom is -0.0617 e. The molecule has 0 fully saturated rings. The molecular weight excluding hydrogens is 252 g/mol. The summed E-state index contributed by atoms with van der Waals surface area (Å²) in [6.07, 6.45) is 0. The van der Waals surface area contributed by atoms with Gasteiger partial charge in [-0.05, 0) is 45.6 Å². The van der Waals surface area contributed by atoms with E-state index < -0.39 is 0 Å². The minimum absolute atomic E-state index is 0.152. The van der Waals surface area contributed by atoms with Crippen LogP contribution in [0, 0.1) is 6.92 Å². The maximum Gasteiger partial charge on any atom is -0.0117 e. The van der Waals surface area contributed by atoms with Gasteiger partial charge in [0.25, 0.3) is 0 Å². The summed E-state index contributed by atoms with van der Waals surface area (Å²) in [5.74, 6) is 0. The molecule has 0 amide bonds. The number of benzene rings is 2. The molecule has 0 N–H and O–H groups in total. The van der Waals surface area contributed by atoms with Crippen LogP contribution in [0.2, 0.25) is 0 Å². The predicted octanol–water partition coefficient (Wildman–Crippen LogP) is 6.26. The second kappa shape index (κ2) is 5.33. The van der Waals surface area contributed by atoms with Crippen LogP contribution in [-0.2, 0) is 10.8 Å². The summed E-state index contributed by atoms with van der Waals surface area (Å²) in [5.41, 5.74) is 7.24. The Morgan fingerprint density at radius 3 is 1.90 bits per heavy atom. The number of hydrogen-bond acceptors (Lipinski definition) is 0. The molecule has 0 aliphatic rings. The van der Waals surface area contributed by atoms with Crippen LogP contribution in [0.25, 0.3) is 11.1 Å². The van der Waals surface area contributed by atoms with Crippen LogP contribution < -0.4 is 0 Å². The van der Waals surface area contributed by atoms with Gasteiger partial charge in [0.05, 0.1) is 0 Å². The Morgan fingerprint density at radius 2 is 1.33 bits per heavy atom. The van der Waals surface area contributed by atoms with Crippen LogP contribution in [0.3, 0.4) is 0 Å². The van der Waals surface area contributed by atoms with E-state index in [1.165, 1.54) is 27.8 Å². The summed E-state index contributed by atoms with van der Waals surface area (Å²) in [5, 5.41) is 0. The molecule has 112 valence electrons. The maximum absolute atomic E-state index is 2.36. The largest absolute Gasteiger partial charge is 0.0617 e. The van der Waals surface area contributed by atoms with Gasteiger partial charge in [0.15, 0.2) is 0 Å². The molecule has 2 aromatic rings. The molecule has 0 aromatic heterocycles. The van der Waals surface area contributed by atoms with Crippen molar-refractivity contribution >= 4 is 0 Å². The van der Waals surface area contributed by atoms with E-state index in [2.05, 4.69) is 90.9 Å². The molecule has 0 heterocycles. The molecule has 2 aromatic carbocycles. The van der Waals surface area contributed by atoms with E-state index in [0.717, 1.165) is 0 Å². The quantitative estimate of drug-likeness (QED) is 0.578. The van der Waals surface area contributed by atoms with Crippen LogP contribution in [0.4, 0.5) is 0 Å². The molecular formula is C21H28. The Balaban J connectivity index is 2.68. The number of aryl methyl sites for hydroxylation is 1. The molecule has 0 bridgehead atoms. The number of rotatable bonds is 1. The van der Waals surface area contributed by atoms with E-state index in [0.29, 0.717) is 0 Å². The fourth-order valence-electron chi connectivity index (χ4n) is 2.82. The van der Waals surface area contributed by atoms with Crippen LogP contribution in [-0.4, -0.2) is 0 Å². The van der Waals surface area contributed by atoms with Crippen LogP contribution in [0.5, 0.6) is 0 Å². The average Bonchev–Trinajstić information content (AvgIpc) is 2.36. The first-order valence-electron chi connectivity index (χ1n) is 7.82. The van der Waals surface area contributed by atoms with Gasteiger partial charge < -0.3 is 0 Å². The van der Waals surface area contributed by atoms with E-state index in [1.54, 1.807) is 0 Å². The van der Waals surface area contributed by atoms with Crippen molar-refractivity contribution < 1.29 is 0 Å². The van der Waals surface area contributed by atoms with Crippen molar-refractivity contribution in [1.29, 1.82) is 0 Å². The Morgan fingerprint density at radius 1 is 0.714 bits per heavy atom. The molecule has 21 heavy (non-hydrogen) atoms. The smallest absolute Gasteiger partial charge is 0.0117 e. The van der Waals surface area contributed by atoms with Gasteiger partial charge in [-0.25, -0.2) is 0 Å². The SMILES string of the molecule is Cc1cccc(C(C)(C)C)c1-c1cccc(C(C)(C)C)c1. The highest BCUT2D eigenvalue weighted by molar-refractivity contribution is 5.73. The number of hydrogen-bond donors (Lipinski definition) is 0. The van der Waals surface area contributed by atoms with Gasteiger partial charge >= 0.3 is 0 Å². The van der Waals surface area contributed by atoms with Gasteiger partial charge in [0, 0.05) is 0 Å². The molecule has 0 aliphatic heterocycles. The Kier molecular flexibility index (Phi) is 4.02. The summed E-state index contributed by atoms with van der Waals surface area (Å²) >= 11 is 0. The third-order valence-corrected chi connectivity index (χ3v) is 4.10. The van der Waals surface area contributed by atoms with E-state index >= 15 is 0 Å². The normalized spacial score (nSPS) is 12.5. The lowest BCUT2D eigenvalue weighted by Crippen LogP contribution is -2.14. The van der Waals surface area contributed by atoms with E-state index in [1.807, 2.05) is 0 Å². The highest BCUT2D eigenvalue weighted by Gasteiger charge is 2.21. The molecule has 0 unspecified atom stereocenters. The third-order valence-electron chi connectivity index (χ3n) is 4.10. The van der Waals surface area contributed by atoms with Gasteiger partial charge in [-0.15, -0.1) is 0 Å². The molecule has 0 spiro atoms. The Labute approximate surface area is 130 Å². The first kappa shape index (κ1) is 15.8. The van der Waals surface area contributed by atoms with Crippen molar-refractivity contribution in [2.75, 3.05) is 0 Å². The van der Waals surface area contributed by atoms with Crippen molar-refractivity contribution in [3.63, 3.8) is 0 Å². The summed E-state index contributed by atoms with van der Waals surface area (Å²) in [6, 6.07) is 15.7. The predicted molar refractivity (Wildman–Crippen MR) is 94.0 cm³/mol. The molecule has 0 heteroatoms.